The molecule has 0 saturated heterocycles. The minimum atomic E-state index is -0.330. The second-order valence-corrected chi connectivity index (χ2v) is 7.06. The van der Waals surface area contributed by atoms with Gasteiger partial charge in [0.2, 0.25) is 0 Å². The molecule has 144 valence electrons. The summed E-state index contributed by atoms with van der Waals surface area (Å²) in [6, 6.07) is 25.4. The Labute approximate surface area is 169 Å². The van der Waals surface area contributed by atoms with Gasteiger partial charge >= 0.3 is 5.63 Å². The third-order valence-electron chi connectivity index (χ3n) is 5.02. The van der Waals surface area contributed by atoms with Gasteiger partial charge in [0.05, 0.1) is 12.5 Å². The number of ether oxygens (including phenoxy) is 1. The highest BCUT2D eigenvalue weighted by molar-refractivity contribution is 5.89. The van der Waals surface area contributed by atoms with Crippen LogP contribution in [0.1, 0.15) is 11.1 Å². The summed E-state index contributed by atoms with van der Waals surface area (Å²) in [7, 11) is 1.63. The third kappa shape index (κ3) is 3.99. The SMILES string of the molecule is C=C(Cc1ccccc1)Cc1c(-c2ccc(OC)cc2)oc(=O)c2ccccc12. The van der Waals surface area contributed by atoms with Crippen LogP contribution in [0.15, 0.2) is 100 Å². The van der Waals surface area contributed by atoms with E-state index in [0.717, 1.165) is 34.3 Å². The number of methoxy groups -OCH3 is 1. The summed E-state index contributed by atoms with van der Waals surface area (Å²) in [6.07, 6.45) is 1.40. The van der Waals surface area contributed by atoms with Crippen molar-refractivity contribution in [3.63, 3.8) is 0 Å². The maximum absolute atomic E-state index is 12.6. The number of hydrogen-bond donors (Lipinski definition) is 0. The fourth-order valence-corrected chi connectivity index (χ4v) is 3.60. The molecule has 3 aromatic carbocycles. The lowest BCUT2D eigenvalue weighted by Gasteiger charge is -2.14. The number of rotatable bonds is 6. The Balaban J connectivity index is 1.80. The van der Waals surface area contributed by atoms with Gasteiger partial charge in [-0.2, -0.15) is 0 Å². The molecule has 0 amide bonds. The first-order chi connectivity index (χ1) is 14.2. The van der Waals surface area contributed by atoms with Gasteiger partial charge in [-0.05, 0) is 54.1 Å². The van der Waals surface area contributed by atoms with Crippen LogP contribution in [0.5, 0.6) is 5.75 Å². The summed E-state index contributed by atoms with van der Waals surface area (Å²) in [5.74, 6) is 1.34. The molecule has 4 rings (SSSR count). The van der Waals surface area contributed by atoms with Crippen LogP contribution in [0, 0.1) is 0 Å². The molecule has 0 atom stereocenters. The van der Waals surface area contributed by atoms with Crippen LogP contribution in [0.4, 0.5) is 0 Å². The van der Waals surface area contributed by atoms with E-state index in [9.17, 15) is 4.79 Å². The Hall–Kier alpha value is -3.59. The summed E-state index contributed by atoms with van der Waals surface area (Å²) >= 11 is 0. The van der Waals surface area contributed by atoms with E-state index in [-0.39, 0.29) is 5.63 Å². The normalized spacial score (nSPS) is 10.8. The van der Waals surface area contributed by atoms with Gasteiger partial charge in [-0.15, -0.1) is 0 Å². The first-order valence-electron chi connectivity index (χ1n) is 9.55. The van der Waals surface area contributed by atoms with Crippen LogP contribution >= 0.6 is 0 Å². The van der Waals surface area contributed by atoms with Crippen LogP contribution in [0.2, 0.25) is 0 Å². The maximum atomic E-state index is 12.6. The zero-order valence-electron chi connectivity index (χ0n) is 16.4. The Morgan fingerprint density at radius 3 is 2.21 bits per heavy atom. The average Bonchev–Trinajstić information content (AvgIpc) is 2.76. The number of fused-ring (bicyclic) bond motifs is 1. The molecule has 3 heteroatoms. The van der Waals surface area contributed by atoms with E-state index >= 15 is 0 Å². The Bertz CT molecular complexity index is 1200. The van der Waals surface area contributed by atoms with Crippen LogP contribution in [0.25, 0.3) is 22.1 Å². The Morgan fingerprint density at radius 1 is 0.862 bits per heavy atom. The molecule has 0 aliphatic rings. The summed E-state index contributed by atoms with van der Waals surface area (Å²) in [4.78, 5) is 12.6. The van der Waals surface area contributed by atoms with Crippen molar-refractivity contribution in [2.45, 2.75) is 12.8 Å². The smallest absolute Gasteiger partial charge is 0.344 e. The van der Waals surface area contributed by atoms with E-state index in [1.165, 1.54) is 5.56 Å². The van der Waals surface area contributed by atoms with Crippen molar-refractivity contribution in [1.82, 2.24) is 0 Å². The van der Waals surface area contributed by atoms with E-state index in [2.05, 4.69) is 18.7 Å². The predicted molar refractivity (Wildman–Crippen MR) is 117 cm³/mol. The highest BCUT2D eigenvalue weighted by atomic mass is 16.5. The van der Waals surface area contributed by atoms with Gasteiger partial charge in [0.25, 0.3) is 0 Å². The monoisotopic (exact) mass is 382 g/mol. The molecule has 0 aliphatic carbocycles. The van der Waals surface area contributed by atoms with Crippen molar-refractivity contribution in [1.29, 1.82) is 0 Å². The first-order valence-corrected chi connectivity index (χ1v) is 9.55. The Morgan fingerprint density at radius 2 is 1.52 bits per heavy atom. The lowest BCUT2D eigenvalue weighted by molar-refractivity contribution is 0.415. The van der Waals surface area contributed by atoms with E-state index in [1.54, 1.807) is 7.11 Å². The molecule has 0 saturated carbocycles. The molecular formula is C26H22O3. The van der Waals surface area contributed by atoms with Gasteiger partial charge in [0.1, 0.15) is 11.5 Å². The highest BCUT2D eigenvalue weighted by Crippen LogP contribution is 2.31. The van der Waals surface area contributed by atoms with Crippen molar-refractivity contribution >= 4 is 10.8 Å². The standard InChI is InChI=1S/C26H22O3/c1-18(16-19-8-4-3-5-9-19)17-24-22-10-6-7-11-23(22)26(27)29-25(24)20-12-14-21(28-2)15-13-20/h3-15H,1,16-17H2,2H3. The number of benzene rings is 3. The van der Waals surface area contributed by atoms with E-state index in [0.29, 0.717) is 17.6 Å². The molecule has 4 aromatic rings. The molecule has 0 N–H and O–H groups in total. The zero-order valence-corrected chi connectivity index (χ0v) is 16.4. The van der Waals surface area contributed by atoms with E-state index < -0.39 is 0 Å². The van der Waals surface area contributed by atoms with E-state index in [4.69, 9.17) is 9.15 Å². The minimum absolute atomic E-state index is 0.330. The van der Waals surface area contributed by atoms with Crippen LogP contribution < -0.4 is 10.4 Å². The fourth-order valence-electron chi connectivity index (χ4n) is 3.60. The van der Waals surface area contributed by atoms with Gasteiger partial charge in [-0.3, -0.25) is 0 Å². The lowest BCUT2D eigenvalue weighted by Crippen LogP contribution is -2.06. The van der Waals surface area contributed by atoms with E-state index in [1.807, 2.05) is 66.7 Å². The summed E-state index contributed by atoms with van der Waals surface area (Å²) in [5.41, 5.74) is 3.77. The van der Waals surface area contributed by atoms with Gasteiger partial charge in [0.15, 0.2) is 0 Å². The largest absolute Gasteiger partial charge is 0.497 e. The summed E-state index contributed by atoms with van der Waals surface area (Å²) < 4.78 is 11.0. The number of allylic oxidation sites excluding steroid dienone is 1. The van der Waals surface area contributed by atoms with Crippen molar-refractivity contribution in [2.75, 3.05) is 7.11 Å². The molecule has 0 fully saturated rings. The molecule has 1 aromatic heterocycles. The minimum Gasteiger partial charge on any atom is -0.497 e. The van der Waals surface area contributed by atoms with Crippen LogP contribution in [-0.2, 0) is 12.8 Å². The third-order valence-corrected chi connectivity index (χ3v) is 5.02. The van der Waals surface area contributed by atoms with Gasteiger partial charge < -0.3 is 9.15 Å². The second kappa shape index (κ2) is 8.19. The molecule has 3 nitrogen and oxygen atoms in total. The maximum Gasteiger partial charge on any atom is 0.344 e. The molecule has 0 aliphatic heterocycles. The van der Waals surface area contributed by atoms with Gasteiger partial charge in [-0.25, -0.2) is 4.79 Å². The number of hydrogen-bond acceptors (Lipinski definition) is 3. The molecule has 0 bridgehead atoms. The molecule has 0 unspecified atom stereocenters. The lowest BCUT2D eigenvalue weighted by atomic mass is 9.93. The molecule has 0 spiro atoms. The molecule has 0 radical (unpaired) electrons. The molecular weight excluding hydrogens is 360 g/mol. The van der Waals surface area contributed by atoms with Crippen LogP contribution in [0.3, 0.4) is 0 Å². The average molecular weight is 382 g/mol. The van der Waals surface area contributed by atoms with Crippen molar-refractivity contribution in [3.8, 4) is 17.1 Å². The van der Waals surface area contributed by atoms with Crippen molar-refractivity contribution < 1.29 is 9.15 Å². The van der Waals surface area contributed by atoms with Crippen molar-refractivity contribution in [2.24, 2.45) is 0 Å². The zero-order chi connectivity index (χ0) is 20.2. The quantitative estimate of drug-likeness (QED) is 0.395. The van der Waals surface area contributed by atoms with Gasteiger partial charge in [0, 0.05) is 11.1 Å². The highest BCUT2D eigenvalue weighted by Gasteiger charge is 2.16. The first kappa shape index (κ1) is 18.8. The predicted octanol–water partition coefficient (Wildman–Crippen LogP) is 5.81. The molecule has 1 heterocycles. The fraction of sp³-hybridized carbons (Fsp3) is 0.115. The second-order valence-electron chi connectivity index (χ2n) is 7.06. The summed E-state index contributed by atoms with van der Waals surface area (Å²) in [5, 5.41) is 1.50. The van der Waals surface area contributed by atoms with Gasteiger partial charge in [-0.1, -0.05) is 60.7 Å². The topological polar surface area (TPSA) is 39.4 Å². The van der Waals surface area contributed by atoms with Crippen molar-refractivity contribution in [3.05, 3.63) is 113 Å². The Kier molecular flexibility index (Phi) is 5.30. The molecule has 29 heavy (non-hydrogen) atoms. The van der Waals surface area contributed by atoms with Crippen LogP contribution in [-0.4, -0.2) is 7.11 Å². The summed E-state index contributed by atoms with van der Waals surface area (Å²) in [6.45, 7) is 4.30.